The Labute approximate surface area is 124 Å². The van der Waals surface area contributed by atoms with Gasteiger partial charge in [-0.1, -0.05) is 23.2 Å². The zero-order chi connectivity index (χ0) is 14.7. The molecule has 0 bridgehead atoms. The molecule has 106 valence electrons. The zero-order valence-corrected chi connectivity index (χ0v) is 11.9. The van der Waals surface area contributed by atoms with Crippen molar-refractivity contribution >= 4 is 34.9 Å². The van der Waals surface area contributed by atoms with Crippen molar-refractivity contribution in [2.24, 2.45) is 0 Å². The van der Waals surface area contributed by atoms with Gasteiger partial charge in [-0.05, 0) is 18.2 Å². The molecule has 0 aliphatic heterocycles. The van der Waals surface area contributed by atoms with Crippen LogP contribution in [0.3, 0.4) is 0 Å². The van der Waals surface area contributed by atoms with Crippen LogP contribution in [0.5, 0.6) is 0 Å². The smallest absolute Gasteiger partial charge is 0.374 e. The quantitative estimate of drug-likeness (QED) is 0.862. The number of furan rings is 1. The van der Waals surface area contributed by atoms with Gasteiger partial charge in [0.15, 0.2) is 0 Å². The number of nitrogens with one attached hydrogen (secondary N) is 1. The summed E-state index contributed by atoms with van der Waals surface area (Å²) in [4.78, 5) is 11.4. The monoisotopic (exact) mass is 317 g/mol. The fraction of sp³-hybridized carbons (Fsp3) is 0.154. The number of hydrogen-bond donors (Lipinski definition) is 1. The van der Waals surface area contributed by atoms with Crippen LogP contribution >= 0.6 is 23.2 Å². The summed E-state index contributed by atoms with van der Waals surface area (Å²) in [6.45, 7) is 0.228. The second-order valence-corrected chi connectivity index (χ2v) is 4.68. The van der Waals surface area contributed by atoms with Crippen LogP contribution in [-0.2, 0) is 11.3 Å². The third kappa shape index (κ3) is 3.05. The van der Waals surface area contributed by atoms with Crippen molar-refractivity contribution in [1.29, 1.82) is 0 Å². The highest BCUT2D eigenvalue weighted by atomic mass is 35.5. The van der Waals surface area contributed by atoms with Gasteiger partial charge in [0.25, 0.3) is 0 Å². The fourth-order valence-electron chi connectivity index (χ4n) is 1.64. The summed E-state index contributed by atoms with van der Waals surface area (Å²) in [5, 5.41) is 3.23. The van der Waals surface area contributed by atoms with Crippen molar-refractivity contribution in [1.82, 2.24) is 0 Å². The molecular formula is C13H10Cl2FNO3. The van der Waals surface area contributed by atoms with Crippen LogP contribution in [0, 0.1) is 5.82 Å². The molecule has 0 saturated heterocycles. The number of ether oxygens (including phenoxy) is 1. The Bertz CT molecular complexity index is 619. The normalized spacial score (nSPS) is 10.4. The maximum atomic E-state index is 13.1. The molecule has 0 amide bonds. The molecule has 1 aromatic carbocycles. The number of anilines is 1. The van der Waals surface area contributed by atoms with Gasteiger partial charge in [0, 0.05) is 12.1 Å². The molecule has 0 aliphatic carbocycles. The minimum Gasteiger partial charge on any atom is -0.463 e. The van der Waals surface area contributed by atoms with Gasteiger partial charge < -0.3 is 14.5 Å². The second-order valence-electron chi connectivity index (χ2n) is 3.86. The molecular weight excluding hydrogens is 308 g/mol. The Hall–Kier alpha value is -1.72. The molecule has 0 spiro atoms. The van der Waals surface area contributed by atoms with E-state index < -0.39 is 11.8 Å². The lowest BCUT2D eigenvalue weighted by molar-refractivity contribution is 0.0563. The summed E-state index contributed by atoms with van der Waals surface area (Å²) in [7, 11) is 1.26. The Kier molecular flexibility index (Phi) is 4.52. The molecule has 0 saturated carbocycles. The predicted molar refractivity (Wildman–Crippen MR) is 73.8 cm³/mol. The van der Waals surface area contributed by atoms with Gasteiger partial charge in [-0.25, -0.2) is 9.18 Å². The highest BCUT2D eigenvalue weighted by Crippen LogP contribution is 2.32. The zero-order valence-electron chi connectivity index (χ0n) is 10.4. The molecule has 7 heteroatoms. The Morgan fingerprint density at radius 1 is 1.40 bits per heavy atom. The number of carbonyl (C=O) groups excluding carboxylic acids is 1. The lowest BCUT2D eigenvalue weighted by atomic mass is 10.2. The van der Waals surface area contributed by atoms with Gasteiger partial charge in [0.05, 0.1) is 29.1 Å². The summed E-state index contributed by atoms with van der Waals surface area (Å²) in [5.74, 6) is -1.01. The largest absolute Gasteiger partial charge is 0.463 e. The van der Waals surface area contributed by atoms with Crippen molar-refractivity contribution in [3.05, 3.63) is 51.6 Å². The topological polar surface area (TPSA) is 51.5 Å². The van der Waals surface area contributed by atoms with E-state index in [9.17, 15) is 9.18 Å². The first kappa shape index (κ1) is 14.7. The highest BCUT2D eigenvalue weighted by molar-refractivity contribution is 6.39. The number of halogens is 3. The van der Waals surface area contributed by atoms with E-state index in [1.165, 1.54) is 13.4 Å². The van der Waals surface area contributed by atoms with Gasteiger partial charge in [0.1, 0.15) is 5.82 Å². The molecule has 0 atom stereocenters. The average Bonchev–Trinajstić information content (AvgIpc) is 2.85. The Morgan fingerprint density at radius 3 is 2.65 bits per heavy atom. The molecule has 0 radical (unpaired) electrons. The molecule has 1 aromatic heterocycles. The Balaban J connectivity index is 2.18. The molecule has 0 unspecified atom stereocenters. The predicted octanol–water partition coefficient (Wildman–Crippen LogP) is 4.12. The van der Waals surface area contributed by atoms with Crippen LogP contribution in [0.4, 0.5) is 10.1 Å². The van der Waals surface area contributed by atoms with Crippen molar-refractivity contribution in [2.75, 3.05) is 12.4 Å². The van der Waals surface area contributed by atoms with Crippen LogP contribution in [0.1, 0.15) is 16.1 Å². The van der Waals surface area contributed by atoms with E-state index in [1.807, 2.05) is 0 Å². The molecule has 20 heavy (non-hydrogen) atoms. The van der Waals surface area contributed by atoms with Gasteiger partial charge in [-0.2, -0.15) is 0 Å². The maximum Gasteiger partial charge on any atom is 0.374 e. The van der Waals surface area contributed by atoms with Crippen LogP contribution < -0.4 is 5.32 Å². The lowest BCUT2D eigenvalue weighted by Crippen LogP contribution is -2.07. The van der Waals surface area contributed by atoms with Gasteiger partial charge >= 0.3 is 5.97 Å². The first-order valence-electron chi connectivity index (χ1n) is 5.56. The summed E-state index contributed by atoms with van der Waals surface area (Å²) in [6.07, 6.45) is 1.37. The summed E-state index contributed by atoms with van der Waals surface area (Å²) < 4.78 is 22.7. The average molecular weight is 318 g/mol. The molecule has 4 nitrogen and oxygen atoms in total. The third-order valence-corrected chi connectivity index (χ3v) is 3.18. The minimum absolute atomic E-state index is 0.0920. The SMILES string of the molecule is COC(=O)c1occc1CNc1c(Cl)cc(F)cc1Cl. The summed E-state index contributed by atoms with van der Waals surface area (Å²) in [6, 6.07) is 3.91. The number of benzene rings is 1. The van der Waals surface area contributed by atoms with Gasteiger partial charge in [-0.3, -0.25) is 0 Å². The van der Waals surface area contributed by atoms with Crippen molar-refractivity contribution < 1.29 is 18.3 Å². The molecule has 2 aromatic rings. The van der Waals surface area contributed by atoms with Crippen LogP contribution in [0.25, 0.3) is 0 Å². The van der Waals surface area contributed by atoms with E-state index in [-0.39, 0.29) is 22.4 Å². The lowest BCUT2D eigenvalue weighted by Gasteiger charge is -2.10. The number of rotatable bonds is 4. The van der Waals surface area contributed by atoms with Crippen molar-refractivity contribution in [3.63, 3.8) is 0 Å². The van der Waals surface area contributed by atoms with E-state index in [4.69, 9.17) is 27.6 Å². The highest BCUT2D eigenvalue weighted by Gasteiger charge is 2.16. The van der Waals surface area contributed by atoms with Crippen LogP contribution in [0.15, 0.2) is 28.9 Å². The second kappa shape index (κ2) is 6.15. The van der Waals surface area contributed by atoms with Crippen LogP contribution in [0.2, 0.25) is 10.0 Å². The number of hydrogen-bond acceptors (Lipinski definition) is 4. The number of methoxy groups -OCH3 is 1. The van der Waals surface area contributed by atoms with Crippen molar-refractivity contribution in [2.45, 2.75) is 6.54 Å². The van der Waals surface area contributed by atoms with E-state index in [1.54, 1.807) is 6.07 Å². The molecule has 1 N–H and O–H groups in total. The summed E-state index contributed by atoms with van der Waals surface area (Å²) in [5.41, 5.74) is 0.958. The number of carbonyl (C=O) groups is 1. The molecule has 0 aliphatic rings. The fourth-order valence-corrected chi connectivity index (χ4v) is 2.24. The van der Waals surface area contributed by atoms with Crippen molar-refractivity contribution in [3.8, 4) is 0 Å². The van der Waals surface area contributed by atoms with Gasteiger partial charge in [0.2, 0.25) is 5.76 Å². The number of esters is 1. The first-order chi connectivity index (χ1) is 9.52. The first-order valence-corrected chi connectivity index (χ1v) is 6.31. The Morgan fingerprint density at radius 2 is 2.05 bits per heavy atom. The molecule has 0 fully saturated rings. The van der Waals surface area contributed by atoms with Gasteiger partial charge in [-0.15, -0.1) is 0 Å². The van der Waals surface area contributed by atoms with E-state index in [0.717, 1.165) is 12.1 Å². The molecule has 2 rings (SSSR count). The standard InChI is InChI=1S/C13H10Cl2FNO3/c1-19-13(18)12-7(2-3-20-12)6-17-11-9(14)4-8(16)5-10(11)15/h2-5,17H,6H2,1H3. The van der Waals surface area contributed by atoms with E-state index >= 15 is 0 Å². The van der Waals surface area contributed by atoms with Crippen LogP contribution in [-0.4, -0.2) is 13.1 Å². The molecule has 1 heterocycles. The maximum absolute atomic E-state index is 13.1. The van der Waals surface area contributed by atoms with E-state index in [2.05, 4.69) is 10.1 Å². The summed E-state index contributed by atoms with van der Waals surface area (Å²) >= 11 is 11.8. The minimum atomic E-state index is -0.580. The van der Waals surface area contributed by atoms with E-state index in [0.29, 0.717) is 11.3 Å². The third-order valence-electron chi connectivity index (χ3n) is 2.58.